The van der Waals surface area contributed by atoms with Gasteiger partial charge in [-0.05, 0) is 6.42 Å². The molecule has 1 aliphatic heterocycles. The van der Waals surface area contributed by atoms with Crippen molar-refractivity contribution in [2.24, 2.45) is 0 Å². The fourth-order valence-corrected chi connectivity index (χ4v) is 1.50. The predicted octanol–water partition coefficient (Wildman–Crippen LogP) is 2.08. The number of nitrogens with zero attached hydrogens (tertiary/aromatic N) is 2. The molecule has 80 valence electrons. The number of rotatable bonds is 2. The Labute approximate surface area is 84.3 Å². The van der Waals surface area contributed by atoms with Crippen molar-refractivity contribution in [2.75, 3.05) is 18.0 Å². The summed E-state index contributed by atoms with van der Waals surface area (Å²) >= 11 is 0. The van der Waals surface area contributed by atoms with Crippen LogP contribution in [0.2, 0.25) is 0 Å². The van der Waals surface area contributed by atoms with Gasteiger partial charge in [-0.2, -0.15) is 0 Å². The molecule has 0 atom stereocenters. The molecule has 0 bridgehead atoms. The Hall–Kier alpha value is -1.72. The molecule has 1 aromatic rings. The van der Waals surface area contributed by atoms with E-state index in [4.69, 9.17) is 0 Å². The molecule has 6 heteroatoms. The zero-order chi connectivity index (χ0) is 11.0. The summed E-state index contributed by atoms with van der Waals surface area (Å²) in [7, 11) is 0. The van der Waals surface area contributed by atoms with Crippen LogP contribution in [0.5, 0.6) is 0 Å². The molecule has 4 nitrogen and oxygen atoms in total. The highest BCUT2D eigenvalue weighted by Gasteiger charge is 2.24. The second kappa shape index (κ2) is 3.45. The molecule has 0 aliphatic carbocycles. The second-order valence-corrected chi connectivity index (χ2v) is 3.36. The molecule has 1 aliphatic rings. The van der Waals surface area contributed by atoms with Gasteiger partial charge in [-0.3, -0.25) is 10.1 Å². The number of non-ortho nitro benzene ring substituents is 1. The molecular formula is C9H8F2N2O2. The molecule has 0 spiro atoms. The lowest BCUT2D eigenvalue weighted by Crippen LogP contribution is -2.38. The number of halogens is 2. The van der Waals surface area contributed by atoms with Gasteiger partial charge >= 0.3 is 0 Å². The van der Waals surface area contributed by atoms with Crippen LogP contribution >= 0.6 is 0 Å². The molecule has 1 fully saturated rings. The topological polar surface area (TPSA) is 46.4 Å². The van der Waals surface area contributed by atoms with Gasteiger partial charge in [0.05, 0.1) is 17.1 Å². The fourth-order valence-electron chi connectivity index (χ4n) is 1.50. The molecule has 0 radical (unpaired) electrons. The SMILES string of the molecule is O=[N+]([O-])c1cc(F)c(N2CCC2)c(F)c1. The standard InChI is InChI=1S/C9H8F2N2O2/c10-7-4-6(13(14)15)5-8(11)9(7)12-2-1-3-12/h4-5H,1-3H2. The second-order valence-electron chi connectivity index (χ2n) is 3.36. The first-order valence-corrected chi connectivity index (χ1v) is 4.48. The van der Waals surface area contributed by atoms with Crippen molar-refractivity contribution in [3.05, 3.63) is 33.9 Å². The lowest BCUT2D eigenvalue weighted by atomic mass is 10.1. The lowest BCUT2D eigenvalue weighted by Gasteiger charge is -2.33. The van der Waals surface area contributed by atoms with Crippen LogP contribution in [0.25, 0.3) is 0 Å². The molecule has 1 aromatic carbocycles. The van der Waals surface area contributed by atoms with E-state index in [-0.39, 0.29) is 5.69 Å². The molecule has 0 saturated carbocycles. The van der Waals surface area contributed by atoms with Crippen molar-refractivity contribution in [3.63, 3.8) is 0 Å². The molecule has 1 saturated heterocycles. The average molecular weight is 214 g/mol. The quantitative estimate of drug-likeness (QED) is 0.559. The van der Waals surface area contributed by atoms with Crippen molar-refractivity contribution >= 4 is 11.4 Å². The van der Waals surface area contributed by atoms with E-state index >= 15 is 0 Å². The maximum Gasteiger partial charge on any atom is 0.275 e. The van der Waals surface area contributed by atoms with Crippen LogP contribution in [-0.2, 0) is 0 Å². The Kier molecular flexibility index (Phi) is 2.26. The van der Waals surface area contributed by atoms with Gasteiger partial charge in [0.1, 0.15) is 5.69 Å². The van der Waals surface area contributed by atoms with E-state index in [9.17, 15) is 18.9 Å². The third-order valence-electron chi connectivity index (χ3n) is 2.38. The summed E-state index contributed by atoms with van der Waals surface area (Å²) in [4.78, 5) is 11.0. The largest absolute Gasteiger partial charge is 0.367 e. The first kappa shape index (κ1) is 9.82. The minimum atomic E-state index is -0.874. The van der Waals surface area contributed by atoms with E-state index in [1.165, 1.54) is 4.90 Å². The zero-order valence-electron chi connectivity index (χ0n) is 7.74. The van der Waals surface area contributed by atoms with E-state index in [1.807, 2.05) is 0 Å². The van der Waals surface area contributed by atoms with E-state index in [0.717, 1.165) is 18.6 Å². The van der Waals surface area contributed by atoms with Crippen molar-refractivity contribution in [2.45, 2.75) is 6.42 Å². The smallest absolute Gasteiger partial charge is 0.275 e. The summed E-state index contributed by atoms with van der Waals surface area (Å²) in [5, 5.41) is 10.3. The van der Waals surface area contributed by atoms with Crippen LogP contribution in [0.4, 0.5) is 20.2 Å². The van der Waals surface area contributed by atoms with Gasteiger partial charge in [-0.25, -0.2) is 8.78 Å². The molecule has 1 heterocycles. The zero-order valence-corrected chi connectivity index (χ0v) is 7.74. The Morgan fingerprint density at radius 2 is 1.80 bits per heavy atom. The minimum Gasteiger partial charge on any atom is -0.367 e. The van der Waals surface area contributed by atoms with Gasteiger partial charge in [0.25, 0.3) is 5.69 Å². The molecule has 0 unspecified atom stereocenters. The van der Waals surface area contributed by atoms with E-state index < -0.39 is 22.2 Å². The molecule has 0 amide bonds. The minimum absolute atomic E-state index is 0.160. The molecule has 0 aromatic heterocycles. The van der Waals surface area contributed by atoms with Crippen LogP contribution in [0.1, 0.15) is 6.42 Å². The van der Waals surface area contributed by atoms with E-state index in [1.54, 1.807) is 0 Å². The first-order valence-electron chi connectivity index (χ1n) is 4.48. The number of benzene rings is 1. The van der Waals surface area contributed by atoms with Crippen molar-refractivity contribution in [1.82, 2.24) is 0 Å². The van der Waals surface area contributed by atoms with Crippen LogP contribution in [0.3, 0.4) is 0 Å². The summed E-state index contributed by atoms with van der Waals surface area (Å²) in [6.07, 6.45) is 0.885. The Balaban J connectivity index is 2.43. The number of nitro benzene ring substituents is 1. The first-order chi connectivity index (χ1) is 7.09. The summed E-state index contributed by atoms with van der Waals surface area (Å²) in [5.74, 6) is -1.75. The molecule has 15 heavy (non-hydrogen) atoms. The highest BCUT2D eigenvalue weighted by Crippen LogP contribution is 2.30. The van der Waals surface area contributed by atoms with E-state index in [0.29, 0.717) is 13.1 Å². The number of anilines is 1. The summed E-state index contributed by atoms with van der Waals surface area (Å²) in [6.45, 7) is 1.18. The number of hydrogen-bond donors (Lipinski definition) is 0. The maximum absolute atomic E-state index is 13.4. The molecular weight excluding hydrogens is 206 g/mol. The van der Waals surface area contributed by atoms with Crippen LogP contribution in [0.15, 0.2) is 12.1 Å². The molecule has 0 N–H and O–H groups in total. The van der Waals surface area contributed by atoms with Crippen molar-refractivity contribution in [1.29, 1.82) is 0 Å². The third-order valence-corrected chi connectivity index (χ3v) is 2.38. The monoisotopic (exact) mass is 214 g/mol. The highest BCUT2D eigenvalue weighted by molar-refractivity contribution is 5.55. The Morgan fingerprint density at radius 1 is 1.27 bits per heavy atom. The normalized spacial score (nSPS) is 14.9. The summed E-state index contributed by atoms with van der Waals surface area (Å²) in [5.41, 5.74) is -0.721. The number of hydrogen-bond acceptors (Lipinski definition) is 3. The van der Waals surface area contributed by atoms with Crippen molar-refractivity contribution in [3.8, 4) is 0 Å². The third kappa shape index (κ3) is 1.62. The van der Waals surface area contributed by atoms with Gasteiger partial charge in [-0.15, -0.1) is 0 Å². The predicted molar refractivity (Wildman–Crippen MR) is 49.8 cm³/mol. The van der Waals surface area contributed by atoms with Crippen LogP contribution in [-0.4, -0.2) is 18.0 Å². The van der Waals surface area contributed by atoms with Gasteiger partial charge in [0.2, 0.25) is 0 Å². The highest BCUT2D eigenvalue weighted by atomic mass is 19.1. The Morgan fingerprint density at radius 3 is 2.13 bits per heavy atom. The van der Waals surface area contributed by atoms with E-state index in [2.05, 4.69) is 0 Å². The number of nitro groups is 1. The van der Waals surface area contributed by atoms with Crippen LogP contribution < -0.4 is 4.90 Å². The van der Waals surface area contributed by atoms with Crippen molar-refractivity contribution < 1.29 is 13.7 Å². The Bertz CT molecular complexity index is 396. The van der Waals surface area contributed by atoms with Gasteiger partial charge in [0, 0.05) is 13.1 Å². The lowest BCUT2D eigenvalue weighted by molar-refractivity contribution is -0.385. The summed E-state index contributed by atoms with van der Waals surface area (Å²) < 4.78 is 26.7. The van der Waals surface area contributed by atoms with Gasteiger partial charge in [0.15, 0.2) is 11.6 Å². The average Bonchev–Trinajstić information content (AvgIpc) is 2.07. The molecule has 2 rings (SSSR count). The van der Waals surface area contributed by atoms with Crippen LogP contribution in [0, 0.1) is 21.7 Å². The maximum atomic E-state index is 13.4. The van der Waals surface area contributed by atoms with Gasteiger partial charge < -0.3 is 4.90 Å². The fraction of sp³-hybridized carbons (Fsp3) is 0.333. The summed E-state index contributed by atoms with van der Waals surface area (Å²) in [6, 6.07) is 1.49. The van der Waals surface area contributed by atoms with Gasteiger partial charge in [-0.1, -0.05) is 0 Å².